The summed E-state index contributed by atoms with van der Waals surface area (Å²) in [5.41, 5.74) is 2.41. The number of hydrogen-bond acceptors (Lipinski definition) is 7. The summed E-state index contributed by atoms with van der Waals surface area (Å²) < 4.78 is 11.0. The van der Waals surface area contributed by atoms with Crippen molar-refractivity contribution >= 4 is 23.4 Å². The smallest absolute Gasteiger partial charge is 0.257 e. The number of aromatic nitrogens is 2. The number of carbonyl (C=O) groups is 1. The number of unbranched alkanes of at least 4 members (excludes halogenated alkanes) is 1. The first kappa shape index (κ1) is 21.5. The van der Waals surface area contributed by atoms with Crippen LogP contribution < -0.4 is 20.3 Å². The van der Waals surface area contributed by atoms with Gasteiger partial charge in [0.05, 0.1) is 25.7 Å². The minimum atomic E-state index is -0.560. The van der Waals surface area contributed by atoms with Crippen LogP contribution in [0.1, 0.15) is 56.1 Å². The third-order valence-corrected chi connectivity index (χ3v) is 6.68. The van der Waals surface area contributed by atoms with Gasteiger partial charge in [-0.3, -0.25) is 9.59 Å². The Morgan fingerprint density at radius 1 is 1.19 bits per heavy atom. The summed E-state index contributed by atoms with van der Waals surface area (Å²) in [5, 5.41) is 3.90. The van der Waals surface area contributed by atoms with Gasteiger partial charge in [-0.15, -0.1) is 0 Å². The zero-order valence-electron chi connectivity index (χ0n) is 18.0. The normalized spacial score (nSPS) is 17.6. The number of rotatable bonds is 7. The summed E-state index contributed by atoms with van der Waals surface area (Å²) in [4.78, 5) is 33.9. The molecule has 7 nitrogen and oxygen atoms in total. The van der Waals surface area contributed by atoms with Gasteiger partial charge < -0.3 is 19.8 Å². The second-order valence-electron chi connectivity index (χ2n) is 7.67. The number of H-pyrrole nitrogens is 1. The van der Waals surface area contributed by atoms with Crippen molar-refractivity contribution in [2.24, 2.45) is 0 Å². The number of Topliss-reactive ketones (excluding diaryl/α,β-unsaturated/α-hetero) is 1. The number of fused-ring (bicyclic) bond motifs is 1. The molecule has 1 aromatic heterocycles. The Hall–Kier alpha value is -2.74. The van der Waals surface area contributed by atoms with Crippen molar-refractivity contribution in [1.82, 2.24) is 9.97 Å². The van der Waals surface area contributed by atoms with Crippen molar-refractivity contribution in [3.63, 3.8) is 0 Å². The lowest BCUT2D eigenvalue weighted by Crippen LogP contribution is -2.33. The molecule has 1 unspecified atom stereocenters. The molecule has 0 fully saturated rings. The molecule has 1 aliphatic heterocycles. The summed E-state index contributed by atoms with van der Waals surface area (Å²) in [6.07, 6.45) is 4.12. The first-order chi connectivity index (χ1) is 15.1. The van der Waals surface area contributed by atoms with Gasteiger partial charge in [-0.25, -0.2) is 4.98 Å². The SMILES string of the molecule is CCCCSc1nc2c(c(=O)[nH]1)C(c1cc(OC)ccc1OC)C1=C(CCCC1=O)N2. The number of methoxy groups -OCH3 is 2. The third-order valence-electron chi connectivity index (χ3n) is 5.72. The van der Waals surface area contributed by atoms with Crippen LogP contribution in [-0.4, -0.2) is 35.7 Å². The van der Waals surface area contributed by atoms with Crippen LogP contribution in [0.4, 0.5) is 5.82 Å². The fraction of sp³-hybridized carbons (Fsp3) is 0.435. The van der Waals surface area contributed by atoms with Crippen LogP contribution in [0.25, 0.3) is 0 Å². The van der Waals surface area contributed by atoms with E-state index in [9.17, 15) is 9.59 Å². The molecule has 2 N–H and O–H groups in total. The van der Waals surface area contributed by atoms with E-state index in [2.05, 4.69) is 17.2 Å². The molecule has 0 saturated heterocycles. The maximum atomic E-state index is 13.3. The molecular weight excluding hydrogens is 414 g/mol. The molecule has 0 bridgehead atoms. The van der Waals surface area contributed by atoms with Crippen LogP contribution >= 0.6 is 11.8 Å². The Morgan fingerprint density at radius 3 is 2.77 bits per heavy atom. The van der Waals surface area contributed by atoms with E-state index in [1.807, 2.05) is 6.07 Å². The molecule has 4 rings (SSSR count). The monoisotopic (exact) mass is 441 g/mol. The van der Waals surface area contributed by atoms with Crippen molar-refractivity contribution in [1.29, 1.82) is 0 Å². The Bertz CT molecular complexity index is 1090. The summed E-state index contributed by atoms with van der Waals surface area (Å²) in [6.45, 7) is 2.13. The molecule has 1 aromatic carbocycles. The minimum absolute atomic E-state index is 0.0510. The number of carbonyl (C=O) groups excluding carboxylic acids is 1. The van der Waals surface area contributed by atoms with E-state index in [0.717, 1.165) is 42.7 Å². The van der Waals surface area contributed by atoms with Crippen LogP contribution in [0, 0.1) is 0 Å². The molecule has 1 aliphatic carbocycles. The fourth-order valence-corrected chi connectivity index (χ4v) is 5.15. The second-order valence-corrected chi connectivity index (χ2v) is 8.75. The summed E-state index contributed by atoms with van der Waals surface area (Å²) in [5.74, 6) is 2.14. The van der Waals surface area contributed by atoms with Crippen LogP contribution in [0.5, 0.6) is 11.5 Å². The Morgan fingerprint density at radius 2 is 2.03 bits per heavy atom. The van der Waals surface area contributed by atoms with E-state index in [4.69, 9.17) is 14.5 Å². The number of anilines is 1. The molecule has 1 atom stereocenters. The quantitative estimate of drug-likeness (QED) is 0.377. The third kappa shape index (κ3) is 4.08. The van der Waals surface area contributed by atoms with Crippen molar-refractivity contribution in [2.45, 2.75) is 50.1 Å². The van der Waals surface area contributed by atoms with E-state index in [0.29, 0.717) is 40.0 Å². The first-order valence-corrected chi connectivity index (χ1v) is 11.6. The van der Waals surface area contributed by atoms with E-state index in [1.165, 1.54) is 11.8 Å². The van der Waals surface area contributed by atoms with Crippen molar-refractivity contribution < 1.29 is 14.3 Å². The van der Waals surface area contributed by atoms with Crippen molar-refractivity contribution in [2.75, 3.05) is 25.3 Å². The molecular formula is C23H27N3O4S. The number of aromatic amines is 1. The van der Waals surface area contributed by atoms with Gasteiger partial charge in [0.25, 0.3) is 5.56 Å². The van der Waals surface area contributed by atoms with Crippen molar-refractivity contribution in [3.05, 3.63) is 50.9 Å². The molecule has 2 aromatic rings. The number of allylic oxidation sites excluding steroid dienone is 2. The molecule has 0 spiro atoms. The fourth-order valence-electron chi connectivity index (χ4n) is 4.20. The Balaban J connectivity index is 1.90. The zero-order chi connectivity index (χ0) is 22.0. The molecule has 164 valence electrons. The van der Waals surface area contributed by atoms with Gasteiger partial charge in [-0.1, -0.05) is 25.1 Å². The maximum Gasteiger partial charge on any atom is 0.257 e. The molecule has 2 heterocycles. The van der Waals surface area contributed by atoms with E-state index in [-0.39, 0.29) is 11.3 Å². The maximum absolute atomic E-state index is 13.3. The van der Waals surface area contributed by atoms with Gasteiger partial charge in [0.1, 0.15) is 17.3 Å². The minimum Gasteiger partial charge on any atom is -0.497 e. The summed E-state index contributed by atoms with van der Waals surface area (Å²) >= 11 is 1.54. The predicted molar refractivity (Wildman–Crippen MR) is 121 cm³/mol. The van der Waals surface area contributed by atoms with Crippen molar-refractivity contribution in [3.8, 4) is 11.5 Å². The van der Waals surface area contributed by atoms with Crippen LogP contribution in [0.2, 0.25) is 0 Å². The topological polar surface area (TPSA) is 93.3 Å². The van der Waals surface area contributed by atoms with Gasteiger partial charge in [0.15, 0.2) is 10.9 Å². The second kappa shape index (κ2) is 9.18. The first-order valence-electron chi connectivity index (χ1n) is 10.6. The molecule has 31 heavy (non-hydrogen) atoms. The number of nitrogens with zero attached hydrogens (tertiary/aromatic N) is 1. The number of hydrogen-bond donors (Lipinski definition) is 2. The van der Waals surface area contributed by atoms with Gasteiger partial charge in [0, 0.05) is 29.0 Å². The largest absolute Gasteiger partial charge is 0.497 e. The Kier molecular flexibility index (Phi) is 6.36. The molecule has 0 radical (unpaired) electrons. The van der Waals surface area contributed by atoms with Crippen LogP contribution in [0.15, 0.2) is 39.4 Å². The number of ether oxygens (including phenoxy) is 2. The van der Waals surface area contributed by atoms with Gasteiger partial charge in [0.2, 0.25) is 0 Å². The zero-order valence-corrected chi connectivity index (χ0v) is 18.9. The van der Waals surface area contributed by atoms with E-state index < -0.39 is 5.92 Å². The highest BCUT2D eigenvalue weighted by Crippen LogP contribution is 2.46. The molecule has 8 heteroatoms. The van der Waals surface area contributed by atoms with E-state index in [1.54, 1.807) is 26.4 Å². The molecule has 0 saturated carbocycles. The van der Waals surface area contributed by atoms with E-state index >= 15 is 0 Å². The lowest BCUT2D eigenvalue weighted by atomic mass is 9.76. The van der Waals surface area contributed by atoms with Gasteiger partial charge in [-0.05, 0) is 37.5 Å². The van der Waals surface area contributed by atoms with Crippen LogP contribution in [-0.2, 0) is 4.79 Å². The highest BCUT2D eigenvalue weighted by Gasteiger charge is 2.39. The highest BCUT2D eigenvalue weighted by molar-refractivity contribution is 7.99. The number of thioether (sulfide) groups is 1. The Labute approximate surface area is 185 Å². The molecule has 0 amide bonds. The van der Waals surface area contributed by atoms with Gasteiger partial charge >= 0.3 is 0 Å². The standard InChI is InChI=1S/C23H27N3O4S/c1-4-5-11-31-23-25-21-20(22(28)26-23)18(19-15(24-21)7-6-8-16(19)27)14-12-13(29-2)9-10-17(14)30-3/h9-10,12,18H,4-8,11H2,1-3H3,(H2,24,25,26,28). The lowest BCUT2D eigenvalue weighted by Gasteiger charge is -2.33. The predicted octanol–water partition coefficient (Wildman–Crippen LogP) is 4.24. The number of nitrogens with one attached hydrogen (secondary N) is 2. The van der Waals surface area contributed by atoms with Gasteiger partial charge in [-0.2, -0.15) is 0 Å². The average Bonchev–Trinajstić information content (AvgIpc) is 2.77. The number of ketones is 1. The van der Waals surface area contributed by atoms with Crippen LogP contribution in [0.3, 0.4) is 0 Å². The number of benzene rings is 1. The summed E-state index contributed by atoms with van der Waals surface area (Å²) in [6, 6.07) is 5.45. The lowest BCUT2D eigenvalue weighted by molar-refractivity contribution is -0.116. The summed E-state index contributed by atoms with van der Waals surface area (Å²) in [7, 11) is 3.17. The highest BCUT2D eigenvalue weighted by atomic mass is 32.2. The average molecular weight is 442 g/mol. The molecule has 2 aliphatic rings.